The number of carbonyl (C=O) groups is 3. The van der Waals surface area contributed by atoms with Gasteiger partial charge >= 0.3 is 16.4 Å². The topological polar surface area (TPSA) is 166 Å². The minimum absolute atomic E-state index is 0.00954. The third-order valence-corrected chi connectivity index (χ3v) is 4.75. The molecule has 0 unspecified atom stereocenters. The van der Waals surface area contributed by atoms with Crippen LogP contribution in [0.2, 0.25) is 0 Å². The number of carbonyl (C=O) groups excluding carboxylic acids is 3. The molecule has 0 aromatic heterocycles. The van der Waals surface area contributed by atoms with E-state index in [1.54, 1.807) is 12.1 Å². The summed E-state index contributed by atoms with van der Waals surface area (Å²) in [6, 6.07) is 3.67. The number of phenols is 1. The summed E-state index contributed by atoms with van der Waals surface area (Å²) in [7, 11) is -4.87. The molecular weight excluding hydrogens is 396 g/mol. The van der Waals surface area contributed by atoms with Gasteiger partial charge in [0.25, 0.3) is 5.91 Å². The molecule has 1 aromatic carbocycles. The smallest absolute Gasteiger partial charge is 0.418 e. The van der Waals surface area contributed by atoms with Gasteiger partial charge in [-0.05, 0) is 30.5 Å². The molecule has 13 heteroatoms. The van der Waals surface area contributed by atoms with Crippen LogP contribution in [0.5, 0.6) is 5.75 Å². The molecule has 2 heterocycles. The second-order valence-electron chi connectivity index (χ2n) is 6.39. The summed E-state index contributed by atoms with van der Waals surface area (Å²) in [5.41, 5.74) is 5.00. The SMILES string of the molecule is O=C(Cc1cccc(O)c1)NNC(=O)[C@@H]1CC[C@@H]2CN1C(=O)N2OS(=O)(=O)O. The number of hydrogen-bond donors (Lipinski definition) is 4. The summed E-state index contributed by atoms with van der Waals surface area (Å²) in [5, 5.41) is 9.92. The van der Waals surface area contributed by atoms with Crippen LogP contribution in [0.3, 0.4) is 0 Å². The number of fused-ring (bicyclic) bond motifs is 2. The molecule has 0 radical (unpaired) electrons. The van der Waals surface area contributed by atoms with Crippen molar-refractivity contribution in [1.82, 2.24) is 20.8 Å². The van der Waals surface area contributed by atoms with Crippen LogP contribution in [0.15, 0.2) is 24.3 Å². The Hall–Kier alpha value is -2.90. The number of rotatable bonds is 5. The second kappa shape index (κ2) is 7.61. The van der Waals surface area contributed by atoms with E-state index in [1.165, 1.54) is 12.1 Å². The maximum Gasteiger partial charge on any atom is 0.418 e. The Morgan fingerprint density at radius 3 is 2.68 bits per heavy atom. The Morgan fingerprint density at radius 2 is 2.00 bits per heavy atom. The summed E-state index contributed by atoms with van der Waals surface area (Å²) in [6.45, 7) is 0.0453. The maximum atomic E-state index is 12.3. The van der Waals surface area contributed by atoms with Crippen molar-refractivity contribution in [3.05, 3.63) is 29.8 Å². The minimum Gasteiger partial charge on any atom is -0.508 e. The van der Waals surface area contributed by atoms with E-state index in [9.17, 15) is 27.9 Å². The first-order valence-corrected chi connectivity index (χ1v) is 9.64. The van der Waals surface area contributed by atoms with Crippen molar-refractivity contribution < 1.29 is 36.7 Å². The average Bonchev–Trinajstić information content (AvgIpc) is 2.83. The van der Waals surface area contributed by atoms with Crippen LogP contribution >= 0.6 is 0 Å². The molecule has 2 fully saturated rings. The van der Waals surface area contributed by atoms with E-state index in [0.29, 0.717) is 10.6 Å². The van der Waals surface area contributed by atoms with Crippen molar-refractivity contribution in [3.8, 4) is 5.75 Å². The van der Waals surface area contributed by atoms with Gasteiger partial charge < -0.3 is 10.0 Å². The molecule has 12 nitrogen and oxygen atoms in total. The van der Waals surface area contributed by atoms with Crippen LogP contribution in [-0.4, -0.2) is 64.5 Å². The maximum absolute atomic E-state index is 12.3. The molecule has 2 atom stereocenters. The number of hydroxylamine groups is 2. The number of benzene rings is 1. The van der Waals surface area contributed by atoms with E-state index in [0.717, 1.165) is 4.90 Å². The molecule has 0 saturated carbocycles. The molecule has 1 aromatic rings. The van der Waals surface area contributed by atoms with E-state index in [2.05, 4.69) is 15.1 Å². The highest BCUT2D eigenvalue weighted by Gasteiger charge is 2.49. The molecule has 28 heavy (non-hydrogen) atoms. The Balaban J connectivity index is 1.55. The lowest BCUT2D eigenvalue weighted by atomic mass is 10.0. The number of nitrogens with zero attached hydrogens (tertiary/aromatic N) is 2. The lowest BCUT2D eigenvalue weighted by molar-refractivity contribution is -0.131. The van der Waals surface area contributed by atoms with Gasteiger partial charge in [0.2, 0.25) is 5.91 Å². The second-order valence-corrected chi connectivity index (χ2v) is 7.40. The summed E-state index contributed by atoms with van der Waals surface area (Å²) < 4.78 is 34.8. The van der Waals surface area contributed by atoms with E-state index in [4.69, 9.17) is 4.55 Å². The first kappa shape index (κ1) is 19.9. The van der Waals surface area contributed by atoms with Gasteiger partial charge in [0.05, 0.1) is 12.5 Å². The molecule has 2 aliphatic heterocycles. The van der Waals surface area contributed by atoms with Crippen LogP contribution in [0.25, 0.3) is 0 Å². The average molecular weight is 414 g/mol. The predicted octanol–water partition coefficient (Wildman–Crippen LogP) is -0.915. The number of amides is 4. The van der Waals surface area contributed by atoms with Gasteiger partial charge in [-0.25, -0.2) is 4.79 Å². The Kier molecular flexibility index (Phi) is 5.40. The van der Waals surface area contributed by atoms with E-state index in [-0.39, 0.29) is 31.6 Å². The van der Waals surface area contributed by atoms with Gasteiger partial charge in [-0.3, -0.25) is 25.0 Å². The number of urea groups is 1. The Bertz CT molecular complexity index is 905. The summed E-state index contributed by atoms with van der Waals surface area (Å²) in [5.74, 6) is -1.17. The number of phenolic OH excluding ortho intramolecular Hbond substituents is 1. The lowest BCUT2D eigenvalue weighted by Gasteiger charge is -2.29. The number of hydrogen-bond acceptors (Lipinski definition) is 7. The first-order valence-electron chi connectivity index (χ1n) is 8.27. The summed E-state index contributed by atoms with van der Waals surface area (Å²) in [6.07, 6.45) is 0.406. The molecular formula is C15H18N4O8S. The van der Waals surface area contributed by atoms with Crippen LogP contribution in [0.1, 0.15) is 18.4 Å². The third kappa shape index (κ3) is 4.49. The highest BCUT2D eigenvalue weighted by atomic mass is 32.3. The zero-order valence-corrected chi connectivity index (χ0v) is 15.3. The summed E-state index contributed by atoms with van der Waals surface area (Å²) in [4.78, 5) is 37.6. The van der Waals surface area contributed by atoms with Crippen LogP contribution < -0.4 is 10.9 Å². The summed E-state index contributed by atoms with van der Waals surface area (Å²) >= 11 is 0. The Morgan fingerprint density at radius 1 is 1.25 bits per heavy atom. The molecule has 152 valence electrons. The minimum atomic E-state index is -4.87. The van der Waals surface area contributed by atoms with E-state index in [1.807, 2.05) is 0 Å². The largest absolute Gasteiger partial charge is 0.508 e. The first-order chi connectivity index (χ1) is 13.1. The molecule has 4 N–H and O–H groups in total. The van der Waals surface area contributed by atoms with Gasteiger partial charge in [0.1, 0.15) is 11.8 Å². The Labute approximate surface area is 159 Å². The number of piperidine rings is 1. The molecule has 2 saturated heterocycles. The van der Waals surface area contributed by atoms with E-state index < -0.39 is 40.3 Å². The quantitative estimate of drug-likeness (QED) is 0.355. The zero-order chi connectivity index (χ0) is 20.5. The molecule has 2 bridgehead atoms. The number of nitrogens with one attached hydrogen (secondary N) is 2. The molecule has 4 amide bonds. The van der Waals surface area contributed by atoms with Crippen LogP contribution in [0.4, 0.5) is 4.79 Å². The van der Waals surface area contributed by atoms with Gasteiger partial charge in [-0.1, -0.05) is 12.1 Å². The highest BCUT2D eigenvalue weighted by Crippen LogP contribution is 2.30. The van der Waals surface area contributed by atoms with E-state index >= 15 is 0 Å². The monoisotopic (exact) mass is 414 g/mol. The fourth-order valence-electron chi connectivity index (χ4n) is 3.21. The molecule has 3 rings (SSSR count). The van der Waals surface area contributed by atoms with Crippen molar-refractivity contribution in [2.75, 3.05) is 6.54 Å². The lowest BCUT2D eigenvalue weighted by Crippen LogP contribution is -2.54. The fourth-order valence-corrected chi connectivity index (χ4v) is 3.60. The van der Waals surface area contributed by atoms with Crippen molar-refractivity contribution in [2.24, 2.45) is 0 Å². The normalized spacial score (nSPS) is 21.5. The van der Waals surface area contributed by atoms with Gasteiger partial charge in [0.15, 0.2) is 0 Å². The van der Waals surface area contributed by atoms with Gasteiger partial charge in [-0.2, -0.15) is 13.5 Å². The highest BCUT2D eigenvalue weighted by molar-refractivity contribution is 7.80. The van der Waals surface area contributed by atoms with Crippen LogP contribution in [-0.2, 0) is 30.7 Å². The van der Waals surface area contributed by atoms with Gasteiger partial charge in [0, 0.05) is 6.54 Å². The molecule has 0 aliphatic carbocycles. The number of aromatic hydroxyl groups is 1. The van der Waals surface area contributed by atoms with Crippen molar-refractivity contribution in [2.45, 2.75) is 31.3 Å². The standard InChI is InChI=1S/C15H18N4O8S/c20-11-3-1-2-9(6-11)7-13(21)16-17-14(22)12-5-4-10-8-18(12)15(23)19(10)27-28(24,25)26/h1-3,6,10,12,20H,4-5,7-8H2,(H,16,21)(H,17,22)(H,24,25,26)/t10-,12+/m1/s1. The third-order valence-electron chi connectivity index (χ3n) is 4.40. The number of hydrazine groups is 1. The fraction of sp³-hybridized carbons (Fsp3) is 0.400. The van der Waals surface area contributed by atoms with Crippen LogP contribution in [0, 0.1) is 0 Å². The van der Waals surface area contributed by atoms with Crippen molar-refractivity contribution in [3.63, 3.8) is 0 Å². The van der Waals surface area contributed by atoms with Crippen molar-refractivity contribution in [1.29, 1.82) is 0 Å². The van der Waals surface area contributed by atoms with Crippen molar-refractivity contribution >= 4 is 28.2 Å². The predicted molar refractivity (Wildman–Crippen MR) is 91.5 cm³/mol. The molecule has 2 aliphatic rings. The molecule has 0 spiro atoms. The van der Waals surface area contributed by atoms with Gasteiger partial charge in [-0.15, -0.1) is 4.28 Å². The zero-order valence-electron chi connectivity index (χ0n) is 14.4.